The number of hydrogen-bond donors (Lipinski definition) is 3. The minimum absolute atomic E-state index is 0.00635. The van der Waals surface area contributed by atoms with E-state index in [1.54, 1.807) is 18.2 Å². The van der Waals surface area contributed by atoms with E-state index in [2.05, 4.69) is 25.3 Å². The van der Waals surface area contributed by atoms with E-state index in [1.807, 2.05) is 32.0 Å². The predicted molar refractivity (Wildman–Crippen MR) is 131 cm³/mol. The predicted octanol–water partition coefficient (Wildman–Crippen LogP) is 3.56. The lowest BCUT2D eigenvalue weighted by molar-refractivity contribution is 0.287. The van der Waals surface area contributed by atoms with Gasteiger partial charge in [-0.05, 0) is 74.1 Å². The van der Waals surface area contributed by atoms with E-state index >= 15 is 0 Å². The number of hydrogen-bond acceptors (Lipinski definition) is 7. The molecule has 0 radical (unpaired) electrons. The summed E-state index contributed by atoms with van der Waals surface area (Å²) in [6, 6.07) is 13.5. The Morgan fingerprint density at radius 3 is 2.30 bits per heavy atom. The van der Waals surface area contributed by atoms with Gasteiger partial charge in [0.25, 0.3) is 10.0 Å². The fraction of sp³-hybridized carbons (Fsp3) is 0.227. The standard InChI is InChI=1S/C22H25N5O4S2/c1-3-30-19-11-6-16(14-20(19)31-4-2)15-25-22(32)26-17-7-9-18(10-8-17)33(28,29)27-21-23-12-5-13-24-21/h5-14H,3-4,15H2,1-2H3,(H,23,24,27)(H2,25,26,32). The van der Waals surface area contributed by atoms with Crippen LogP contribution in [-0.2, 0) is 16.6 Å². The van der Waals surface area contributed by atoms with Crippen molar-refractivity contribution in [2.75, 3.05) is 23.3 Å². The maximum absolute atomic E-state index is 12.5. The van der Waals surface area contributed by atoms with Gasteiger partial charge >= 0.3 is 0 Å². The van der Waals surface area contributed by atoms with Gasteiger partial charge in [0.05, 0.1) is 18.1 Å². The van der Waals surface area contributed by atoms with Gasteiger partial charge < -0.3 is 20.1 Å². The minimum atomic E-state index is -3.79. The molecule has 1 aromatic heterocycles. The van der Waals surface area contributed by atoms with Crippen LogP contribution in [0.1, 0.15) is 19.4 Å². The van der Waals surface area contributed by atoms with Gasteiger partial charge in [-0.2, -0.15) is 0 Å². The molecule has 0 atom stereocenters. The topological polar surface area (TPSA) is 114 Å². The Balaban J connectivity index is 1.57. The summed E-state index contributed by atoms with van der Waals surface area (Å²) in [4.78, 5) is 7.82. The largest absolute Gasteiger partial charge is 0.490 e. The summed E-state index contributed by atoms with van der Waals surface area (Å²) in [6.45, 7) is 5.41. The molecule has 0 saturated carbocycles. The first-order valence-electron chi connectivity index (χ1n) is 10.2. The summed E-state index contributed by atoms with van der Waals surface area (Å²) in [5, 5.41) is 6.56. The Morgan fingerprint density at radius 2 is 1.64 bits per heavy atom. The van der Waals surface area contributed by atoms with Crippen LogP contribution in [0, 0.1) is 0 Å². The third kappa shape index (κ3) is 7.02. The first-order chi connectivity index (χ1) is 15.9. The molecule has 0 saturated heterocycles. The second kappa shape index (κ2) is 11.4. The van der Waals surface area contributed by atoms with Crippen LogP contribution >= 0.6 is 12.2 Å². The van der Waals surface area contributed by atoms with Gasteiger partial charge in [0.15, 0.2) is 16.6 Å². The van der Waals surface area contributed by atoms with E-state index in [-0.39, 0.29) is 10.8 Å². The maximum atomic E-state index is 12.5. The molecule has 3 aromatic rings. The van der Waals surface area contributed by atoms with Crippen molar-refractivity contribution < 1.29 is 17.9 Å². The van der Waals surface area contributed by atoms with Crippen molar-refractivity contribution >= 4 is 39.0 Å². The first kappa shape index (κ1) is 24.2. The van der Waals surface area contributed by atoms with Crippen LogP contribution in [-0.4, -0.2) is 36.7 Å². The summed E-state index contributed by atoms with van der Waals surface area (Å²) >= 11 is 5.35. The molecule has 0 aliphatic rings. The van der Waals surface area contributed by atoms with Crippen molar-refractivity contribution in [2.24, 2.45) is 0 Å². The molecule has 0 bridgehead atoms. The normalized spacial score (nSPS) is 10.8. The number of aromatic nitrogens is 2. The summed E-state index contributed by atoms with van der Waals surface area (Å²) in [6.07, 6.45) is 2.91. The molecule has 174 valence electrons. The summed E-state index contributed by atoms with van der Waals surface area (Å²) in [5.74, 6) is 1.39. The van der Waals surface area contributed by atoms with Gasteiger partial charge in [-0.25, -0.2) is 23.1 Å². The van der Waals surface area contributed by atoms with E-state index in [0.29, 0.717) is 42.1 Å². The fourth-order valence-electron chi connectivity index (χ4n) is 2.81. The molecule has 1 heterocycles. The summed E-state index contributed by atoms with van der Waals surface area (Å²) in [5.41, 5.74) is 1.62. The molecule has 33 heavy (non-hydrogen) atoms. The summed E-state index contributed by atoms with van der Waals surface area (Å²) < 4.78 is 38.5. The van der Waals surface area contributed by atoms with Crippen LogP contribution in [0.4, 0.5) is 11.6 Å². The second-order valence-electron chi connectivity index (χ2n) is 6.66. The molecule has 0 amide bonds. The summed E-state index contributed by atoms with van der Waals surface area (Å²) in [7, 11) is -3.79. The fourth-order valence-corrected chi connectivity index (χ4v) is 3.96. The lowest BCUT2D eigenvalue weighted by Crippen LogP contribution is -2.27. The maximum Gasteiger partial charge on any atom is 0.264 e. The zero-order chi connectivity index (χ0) is 23.7. The molecule has 0 aliphatic heterocycles. The van der Waals surface area contributed by atoms with E-state index < -0.39 is 10.0 Å². The monoisotopic (exact) mass is 487 g/mol. The van der Waals surface area contributed by atoms with E-state index in [9.17, 15) is 8.42 Å². The Morgan fingerprint density at radius 1 is 0.970 bits per heavy atom. The van der Waals surface area contributed by atoms with Crippen LogP contribution < -0.4 is 24.8 Å². The van der Waals surface area contributed by atoms with Gasteiger partial charge in [0.2, 0.25) is 5.95 Å². The molecular weight excluding hydrogens is 462 g/mol. The smallest absolute Gasteiger partial charge is 0.264 e. The van der Waals surface area contributed by atoms with Crippen molar-refractivity contribution in [1.82, 2.24) is 15.3 Å². The van der Waals surface area contributed by atoms with E-state index in [0.717, 1.165) is 5.56 Å². The Kier molecular flexibility index (Phi) is 8.39. The van der Waals surface area contributed by atoms with Crippen LogP contribution in [0.5, 0.6) is 11.5 Å². The zero-order valence-electron chi connectivity index (χ0n) is 18.2. The molecule has 0 unspecified atom stereocenters. The van der Waals surface area contributed by atoms with Gasteiger partial charge in [0, 0.05) is 24.6 Å². The average Bonchev–Trinajstić information content (AvgIpc) is 2.80. The third-order valence-electron chi connectivity index (χ3n) is 4.27. The van der Waals surface area contributed by atoms with Crippen molar-refractivity contribution in [3.05, 3.63) is 66.5 Å². The van der Waals surface area contributed by atoms with Crippen molar-refractivity contribution in [1.29, 1.82) is 0 Å². The lowest BCUT2D eigenvalue weighted by Gasteiger charge is -2.14. The highest BCUT2D eigenvalue weighted by atomic mass is 32.2. The average molecular weight is 488 g/mol. The molecule has 9 nitrogen and oxygen atoms in total. The highest BCUT2D eigenvalue weighted by Crippen LogP contribution is 2.28. The molecule has 0 fully saturated rings. The second-order valence-corrected chi connectivity index (χ2v) is 8.75. The molecule has 2 aromatic carbocycles. The molecule has 3 N–H and O–H groups in total. The Bertz CT molecular complexity index is 1170. The van der Waals surface area contributed by atoms with Gasteiger partial charge in [-0.15, -0.1) is 0 Å². The molecule has 11 heteroatoms. The number of benzene rings is 2. The van der Waals surface area contributed by atoms with Crippen molar-refractivity contribution in [3.63, 3.8) is 0 Å². The van der Waals surface area contributed by atoms with E-state index in [4.69, 9.17) is 21.7 Å². The number of ether oxygens (including phenoxy) is 2. The Hall–Kier alpha value is -3.44. The number of rotatable bonds is 10. The van der Waals surface area contributed by atoms with Crippen molar-refractivity contribution in [2.45, 2.75) is 25.3 Å². The highest BCUT2D eigenvalue weighted by Gasteiger charge is 2.15. The van der Waals surface area contributed by atoms with E-state index in [1.165, 1.54) is 24.5 Å². The molecule has 0 spiro atoms. The molecule has 3 rings (SSSR count). The van der Waals surface area contributed by atoms with Crippen LogP contribution in [0.15, 0.2) is 65.8 Å². The zero-order valence-corrected chi connectivity index (χ0v) is 19.9. The number of nitrogens with zero attached hydrogens (tertiary/aromatic N) is 2. The molecular formula is C22H25N5O4S2. The van der Waals surface area contributed by atoms with Gasteiger partial charge in [-0.3, -0.25) is 0 Å². The SMILES string of the molecule is CCOc1ccc(CNC(=S)Nc2ccc(S(=O)(=O)Nc3ncccn3)cc2)cc1OCC. The number of nitrogens with one attached hydrogen (secondary N) is 3. The number of thiocarbonyl (C=S) groups is 1. The van der Waals surface area contributed by atoms with Crippen LogP contribution in [0.2, 0.25) is 0 Å². The van der Waals surface area contributed by atoms with Crippen LogP contribution in [0.3, 0.4) is 0 Å². The van der Waals surface area contributed by atoms with Crippen LogP contribution in [0.25, 0.3) is 0 Å². The molecule has 0 aliphatic carbocycles. The Labute approximate surface area is 198 Å². The number of sulfonamides is 1. The van der Waals surface area contributed by atoms with Gasteiger partial charge in [0.1, 0.15) is 0 Å². The van der Waals surface area contributed by atoms with Gasteiger partial charge in [-0.1, -0.05) is 6.07 Å². The highest BCUT2D eigenvalue weighted by molar-refractivity contribution is 7.92. The third-order valence-corrected chi connectivity index (χ3v) is 5.87. The first-order valence-corrected chi connectivity index (χ1v) is 12.1. The minimum Gasteiger partial charge on any atom is -0.490 e. The quantitative estimate of drug-likeness (QED) is 0.369. The number of anilines is 2. The van der Waals surface area contributed by atoms with Crippen molar-refractivity contribution in [3.8, 4) is 11.5 Å². The lowest BCUT2D eigenvalue weighted by atomic mass is 10.2.